The maximum Gasteiger partial charge on any atom is 0.328 e. The minimum Gasteiger partial charge on any atom is -0.508 e. The van der Waals surface area contributed by atoms with E-state index >= 15 is 0 Å². The standard InChI is InChI=1S/C14H14FN3O5/c1-2-23-11-5-8(19)3-4-10(11)16-12(20)7-18-6-9(15)13(21)17-14(18)22/h3-6,19H,2,7H2,1H3,(H,16,20)(H,17,21,22). The van der Waals surface area contributed by atoms with Crippen LogP contribution >= 0.6 is 0 Å². The summed E-state index contributed by atoms with van der Waals surface area (Å²) >= 11 is 0. The smallest absolute Gasteiger partial charge is 0.328 e. The third kappa shape index (κ3) is 3.96. The number of phenols is 1. The molecule has 2 rings (SSSR count). The van der Waals surface area contributed by atoms with Crippen LogP contribution in [0.15, 0.2) is 34.0 Å². The average molecular weight is 323 g/mol. The highest BCUT2D eigenvalue weighted by molar-refractivity contribution is 5.92. The average Bonchev–Trinajstić information content (AvgIpc) is 2.48. The van der Waals surface area contributed by atoms with Gasteiger partial charge in [0, 0.05) is 6.07 Å². The number of ether oxygens (including phenoxy) is 1. The van der Waals surface area contributed by atoms with E-state index < -0.39 is 29.5 Å². The number of benzene rings is 1. The summed E-state index contributed by atoms with van der Waals surface area (Å²) in [4.78, 5) is 36.2. The van der Waals surface area contributed by atoms with Crippen LogP contribution in [0, 0.1) is 5.82 Å². The molecule has 0 bridgehead atoms. The summed E-state index contributed by atoms with van der Waals surface area (Å²) in [5, 5.41) is 11.9. The number of nitrogens with one attached hydrogen (secondary N) is 2. The SMILES string of the molecule is CCOc1cc(O)ccc1NC(=O)Cn1cc(F)c(=O)[nH]c1=O. The van der Waals surface area contributed by atoms with Gasteiger partial charge in [0.25, 0.3) is 5.56 Å². The van der Waals surface area contributed by atoms with Crippen LogP contribution in [0.2, 0.25) is 0 Å². The van der Waals surface area contributed by atoms with E-state index in [-0.39, 0.29) is 17.2 Å². The van der Waals surface area contributed by atoms with Gasteiger partial charge in [-0.15, -0.1) is 0 Å². The monoisotopic (exact) mass is 323 g/mol. The van der Waals surface area contributed by atoms with Crippen LogP contribution in [0.5, 0.6) is 11.5 Å². The summed E-state index contributed by atoms with van der Waals surface area (Å²) in [6.45, 7) is 1.55. The molecule has 3 N–H and O–H groups in total. The molecule has 23 heavy (non-hydrogen) atoms. The number of anilines is 1. The second kappa shape index (κ2) is 6.77. The summed E-state index contributed by atoms with van der Waals surface area (Å²) in [6.07, 6.45) is 0.654. The molecule has 1 amide bonds. The third-order valence-corrected chi connectivity index (χ3v) is 2.82. The number of amides is 1. The van der Waals surface area contributed by atoms with Gasteiger partial charge in [0.05, 0.1) is 18.5 Å². The van der Waals surface area contributed by atoms with Crippen molar-refractivity contribution in [3.8, 4) is 11.5 Å². The number of aromatic amines is 1. The molecule has 0 spiro atoms. The number of rotatable bonds is 5. The Morgan fingerprint density at radius 1 is 1.43 bits per heavy atom. The van der Waals surface area contributed by atoms with Crippen molar-refractivity contribution in [2.75, 3.05) is 11.9 Å². The normalized spacial score (nSPS) is 10.3. The Morgan fingerprint density at radius 3 is 2.87 bits per heavy atom. The summed E-state index contributed by atoms with van der Waals surface area (Å²) in [5.41, 5.74) is -1.77. The van der Waals surface area contributed by atoms with Crippen LogP contribution in [0.25, 0.3) is 0 Å². The van der Waals surface area contributed by atoms with Gasteiger partial charge in [0.15, 0.2) is 0 Å². The van der Waals surface area contributed by atoms with Crippen LogP contribution in [-0.4, -0.2) is 27.2 Å². The van der Waals surface area contributed by atoms with Crippen molar-refractivity contribution in [3.05, 3.63) is 51.1 Å². The summed E-state index contributed by atoms with van der Waals surface area (Å²) in [7, 11) is 0. The molecule has 9 heteroatoms. The summed E-state index contributed by atoms with van der Waals surface area (Å²) < 4.78 is 19.2. The van der Waals surface area contributed by atoms with Crippen molar-refractivity contribution in [1.29, 1.82) is 0 Å². The van der Waals surface area contributed by atoms with Gasteiger partial charge < -0.3 is 15.2 Å². The zero-order valence-electron chi connectivity index (χ0n) is 12.1. The molecule has 1 heterocycles. The molecule has 0 aliphatic heterocycles. The molecule has 0 fully saturated rings. The maximum atomic E-state index is 13.2. The largest absolute Gasteiger partial charge is 0.508 e. The maximum absolute atomic E-state index is 13.2. The number of hydrogen-bond donors (Lipinski definition) is 3. The zero-order valence-corrected chi connectivity index (χ0v) is 12.1. The lowest BCUT2D eigenvalue weighted by Crippen LogP contribution is -2.34. The molecule has 0 saturated carbocycles. The zero-order chi connectivity index (χ0) is 17.0. The fourth-order valence-corrected chi connectivity index (χ4v) is 1.83. The lowest BCUT2D eigenvalue weighted by Gasteiger charge is -2.12. The first kappa shape index (κ1) is 16.3. The van der Waals surface area contributed by atoms with Gasteiger partial charge in [0.1, 0.15) is 18.0 Å². The Kier molecular flexibility index (Phi) is 4.79. The molecule has 0 aliphatic carbocycles. The highest BCUT2D eigenvalue weighted by Gasteiger charge is 2.11. The van der Waals surface area contributed by atoms with E-state index in [1.807, 2.05) is 0 Å². The fraction of sp³-hybridized carbons (Fsp3) is 0.214. The van der Waals surface area contributed by atoms with E-state index in [1.54, 1.807) is 11.9 Å². The molecule has 0 aliphatic rings. The van der Waals surface area contributed by atoms with E-state index in [0.29, 0.717) is 12.8 Å². The van der Waals surface area contributed by atoms with E-state index in [4.69, 9.17) is 4.74 Å². The molecule has 0 saturated heterocycles. The number of aromatic hydroxyl groups is 1. The fourth-order valence-electron chi connectivity index (χ4n) is 1.83. The van der Waals surface area contributed by atoms with Gasteiger partial charge in [-0.2, -0.15) is 4.39 Å². The van der Waals surface area contributed by atoms with Crippen molar-refractivity contribution in [2.45, 2.75) is 13.5 Å². The van der Waals surface area contributed by atoms with Crippen molar-refractivity contribution in [1.82, 2.24) is 9.55 Å². The predicted molar refractivity (Wildman–Crippen MR) is 79.2 cm³/mol. The van der Waals surface area contributed by atoms with Crippen LogP contribution in [-0.2, 0) is 11.3 Å². The molecule has 0 unspecified atom stereocenters. The van der Waals surface area contributed by atoms with Gasteiger partial charge in [0.2, 0.25) is 11.7 Å². The van der Waals surface area contributed by atoms with E-state index in [0.717, 1.165) is 4.57 Å². The van der Waals surface area contributed by atoms with Gasteiger partial charge in [-0.05, 0) is 19.1 Å². The van der Waals surface area contributed by atoms with Crippen LogP contribution in [0.4, 0.5) is 10.1 Å². The minimum atomic E-state index is -1.17. The number of nitrogens with zero attached hydrogens (tertiary/aromatic N) is 1. The van der Waals surface area contributed by atoms with Crippen molar-refractivity contribution < 1.29 is 19.0 Å². The number of H-pyrrole nitrogens is 1. The molecular formula is C14H14FN3O5. The molecule has 8 nitrogen and oxygen atoms in total. The topological polar surface area (TPSA) is 113 Å². The van der Waals surface area contributed by atoms with Gasteiger partial charge in [-0.1, -0.05) is 0 Å². The summed E-state index contributed by atoms with van der Waals surface area (Å²) in [5.74, 6) is -1.59. The molecule has 1 aromatic carbocycles. The molecule has 1 aromatic heterocycles. The Morgan fingerprint density at radius 2 is 2.17 bits per heavy atom. The lowest BCUT2D eigenvalue weighted by atomic mass is 10.2. The lowest BCUT2D eigenvalue weighted by molar-refractivity contribution is -0.116. The highest BCUT2D eigenvalue weighted by Crippen LogP contribution is 2.28. The minimum absolute atomic E-state index is 0.0367. The quantitative estimate of drug-likeness (QED) is 0.690. The van der Waals surface area contributed by atoms with Crippen molar-refractivity contribution >= 4 is 11.6 Å². The molecule has 122 valence electrons. The van der Waals surface area contributed by atoms with Gasteiger partial charge in [-0.3, -0.25) is 19.1 Å². The Balaban J connectivity index is 2.19. The number of hydrogen-bond acceptors (Lipinski definition) is 5. The molecule has 0 radical (unpaired) electrons. The van der Waals surface area contributed by atoms with E-state index in [9.17, 15) is 23.9 Å². The first-order chi connectivity index (χ1) is 10.9. The number of halogens is 1. The Bertz CT molecular complexity index is 843. The van der Waals surface area contributed by atoms with Crippen LogP contribution in [0.3, 0.4) is 0 Å². The van der Waals surface area contributed by atoms with Crippen LogP contribution < -0.4 is 21.3 Å². The first-order valence-electron chi connectivity index (χ1n) is 6.65. The third-order valence-electron chi connectivity index (χ3n) is 2.82. The van der Waals surface area contributed by atoms with Gasteiger partial charge >= 0.3 is 5.69 Å². The predicted octanol–water partition coefficient (Wildman–Crippen LogP) is 0.419. The number of carbonyl (C=O) groups is 1. The van der Waals surface area contributed by atoms with Gasteiger partial charge in [-0.25, -0.2) is 4.79 Å². The highest BCUT2D eigenvalue weighted by atomic mass is 19.1. The number of phenolic OH excluding ortho intramolecular Hbond substituents is 1. The second-order valence-electron chi connectivity index (χ2n) is 4.53. The number of carbonyl (C=O) groups excluding carboxylic acids is 1. The molecular weight excluding hydrogens is 309 g/mol. The Labute approximate surface area is 129 Å². The Hall–Kier alpha value is -3.10. The summed E-state index contributed by atoms with van der Waals surface area (Å²) in [6, 6.07) is 4.10. The molecule has 2 aromatic rings. The van der Waals surface area contributed by atoms with Crippen LogP contribution in [0.1, 0.15) is 6.92 Å². The van der Waals surface area contributed by atoms with Crippen molar-refractivity contribution in [2.24, 2.45) is 0 Å². The van der Waals surface area contributed by atoms with Crippen molar-refractivity contribution in [3.63, 3.8) is 0 Å². The van der Waals surface area contributed by atoms with E-state index in [2.05, 4.69) is 5.32 Å². The second-order valence-corrected chi connectivity index (χ2v) is 4.53. The first-order valence-corrected chi connectivity index (χ1v) is 6.65. The molecule has 0 atom stereocenters. The van der Waals surface area contributed by atoms with E-state index in [1.165, 1.54) is 18.2 Å². The number of aromatic nitrogens is 2.